The van der Waals surface area contributed by atoms with Gasteiger partial charge in [-0.1, -0.05) is 39.7 Å². The average molecular weight is 398 g/mol. The van der Waals surface area contributed by atoms with Crippen LogP contribution in [0.25, 0.3) is 0 Å². The van der Waals surface area contributed by atoms with Crippen molar-refractivity contribution in [2.75, 3.05) is 11.9 Å². The summed E-state index contributed by atoms with van der Waals surface area (Å²) in [5, 5.41) is 7.85. The van der Waals surface area contributed by atoms with Gasteiger partial charge in [-0.3, -0.25) is 0 Å². The Kier molecular flexibility index (Phi) is 6.68. The number of thiocarbonyl (C=S) groups is 1. The first-order chi connectivity index (χ1) is 10.5. The lowest BCUT2D eigenvalue weighted by Gasteiger charge is -2.11. The molecule has 0 unspecified atom stereocenters. The standard InChI is InChI=1S/C17H18BrClN2S/c1-12-11-15(8-9-16(12)18)21-17(22)20-10-2-3-13-4-6-14(19)7-5-13/h4-9,11H,2-3,10H2,1H3,(H2,20,21,22). The zero-order valence-corrected chi connectivity index (χ0v) is 15.5. The molecule has 0 saturated heterocycles. The maximum Gasteiger partial charge on any atom is 0.170 e. The van der Waals surface area contributed by atoms with Gasteiger partial charge >= 0.3 is 0 Å². The van der Waals surface area contributed by atoms with E-state index in [0.717, 1.165) is 34.6 Å². The predicted octanol–water partition coefficient (Wildman–Crippen LogP) is 5.33. The summed E-state index contributed by atoms with van der Waals surface area (Å²) in [6.45, 7) is 2.89. The minimum absolute atomic E-state index is 0.651. The van der Waals surface area contributed by atoms with Crippen molar-refractivity contribution in [2.24, 2.45) is 0 Å². The fourth-order valence-corrected chi connectivity index (χ4v) is 2.64. The lowest BCUT2D eigenvalue weighted by atomic mass is 10.1. The molecule has 5 heteroatoms. The Morgan fingerprint density at radius 1 is 1.18 bits per heavy atom. The van der Waals surface area contributed by atoms with Crippen molar-refractivity contribution in [3.05, 3.63) is 63.1 Å². The largest absolute Gasteiger partial charge is 0.362 e. The summed E-state index contributed by atoms with van der Waals surface area (Å²) >= 11 is 14.7. The number of halogens is 2. The van der Waals surface area contributed by atoms with Crippen LogP contribution >= 0.6 is 39.7 Å². The Bertz CT molecular complexity index is 644. The minimum Gasteiger partial charge on any atom is -0.362 e. The van der Waals surface area contributed by atoms with Gasteiger partial charge in [0, 0.05) is 21.7 Å². The quantitative estimate of drug-likeness (QED) is 0.526. The Hall–Kier alpha value is -1.10. The molecule has 2 rings (SSSR count). The molecule has 0 saturated carbocycles. The molecule has 2 aromatic carbocycles. The monoisotopic (exact) mass is 396 g/mol. The summed E-state index contributed by atoms with van der Waals surface area (Å²) in [7, 11) is 0. The zero-order chi connectivity index (χ0) is 15.9. The number of aryl methyl sites for hydroxylation is 2. The van der Waals surface area contributed by atoms with Gasteiger partial charge in [-0.05, 0) is 73.4 Å². The van der Waals surface area contributed by atoms with E-state index < -0.39 is 0 Å². The Balaban J connectivity index is 1.71. The van der Waals surface area contributed by atoms with Crippen LogP contribution in [0, 0.1) is 6.92 Å². The second-order valence-electron chi connectivity index (χ2n) is 5.07. The van der Waals surface area contributed by atoms with Crippen molar-refractivity contribution < 1.29 is 0 Å². The van der Waals surface area contributed by atoms with Crippen LogP contribution in [0.1, 0.15) is 17.5 Å². The first kappa shape index (κ1) is 17.3. The Labute approximate surface area is 150 Å². The summed E-state index contributed by atoms with van der Waals surface area (Å²) in [6, 6.07) is 14.0. The molecule has 0 radical (unpaired) electrons. The molecule has 0 aliphatic rings. The molecule has 0 heterocycles. The van der Waals surface area contributed by atoms with Gasteiger partial charge in [0.25, 0.3) is 0 Å². The first-order valence-electron chi connectivity index (χ1n) is 7.10. The number of anilines is 1. The number of nitrogens with one attached hydrogen (secondary N) is 2. The maximum absolute atomic E-state index is 5.87. The van der Waals surface area contributed by atoms with Crippen LogP contribution in [0.5, 0.6) is 0 Å². The molecule has 2 aromatic rings. The van der Waals surface area contributed by atoms with Crippen LogP contribution in [0.4, 0.5) is 5.69 Å². The molecule has 2 N–H and O–H groups in total. The van der Waals surface area contributed by atoms with Crippen molar-refractivity contribution in [1.29, 1.82) is 0 Å². The van der Waals surface area contributed by atoms with Crippen LogP contribution in [-0.4, -0.2) is 11.7 Å². The van der Waals surface area contributed by atoms with Gasteiger partial charge < -0.3 is 10.6 Å². The van der Waals surface area contributed by atoms with Crippen LogP contribution in [-0.2, 0) is 6.42 Å². The molecule has 0 aromatic heterocycles. The average Bonchev–Trinajstić information content (AvgIpc) is 2.49. The smallest absolute Gasteiger partial charge is 0.170 e. The van der Waals surface area contributed by atoms with E-state index in [9.17, 15) is 0 Å². The van der Waals surface area contributed by atoms with Gasteiger partial charge in [-0.2, -0.15) is 0 Å². The summed E-state index contributed by atoms with van der Waals surface area (Å²) in [5.74, 6) is 0. The second kappa shape index (κ2) is 8.51. The normalized spacial score (nSPS) is 10.3. The van der Waals surface area contributed by atoms with Gasteiger partial charge in [-0.25, -0.2) is 0 Å². The SMILES string of the molecule is Cc1cc(NC(=S)NCCCc2ccc(Cl)cc2)ccc1Br. The van der Waals surface area contributed by atoms with Crippen molar-refractivity contribution in [3.63, 3.8) is 0 Å². The van der Waals surface area contributed by atoms with Crippen LogP contribution < -0.4 is 10.6 Å². The lowest BCUT2D eigenvalue weighted by molar-refractivity contribution is 0.777. The molecule has 0 atom stereocenters. The van der Waals surface area contributed by atoms with E-state index in [1.54, 1.807) is 0 Å². The van der Waals surface area contributed by atoms with E-state index in [0.29, 0.717) is 5.11 Å². The Morgan fingerprint density at radius 2 is 1.91 bits per heavy atom. The fraction of sp³-hybridized carbons (Fsp3) is 0.235. The topological polar surface area (TPSA) is 24.1 Å². The molecule has 0 spiro atoms. The van der Waals surface area contributed by atoms with Crippen LogP contribution in [0.15, 0.2) is 46.9 Å². The van der Waals surface area contributed by atoms with E-state index in [2.05, 4.69) is 51.7 Å². The summed E-state index contributed by atoms with van der Waals surface area (Å²) < 4.78 is 1.10. The van der Waals surface area contributed by atoms with Gasteiger partial charge in [0.2, 0.25) is 0 Å². The van der Waals surface area contributed by atoms with Crippen molar-refractivity contribution in [3.8, 4) is 0 Å². The summed E-state index contributed by atoms with van der Waals surface area (Å²) in [5.41, 5.74) is 3.46. The van der Waals surface area contributed by atoms with Crippen molar-refractivity contribution >= 4 is 50.5 Å². The van der Waals surface area contributed by atoms with Crippen molar-refractivity contribution in [2.45, 2.75) is 19.8 Å². The lowest BCUT2D eigenvalue weighted by Crippen LogP contribution is -2.29. The van der Waals surface area contributed by atoms with E-state index in [4.69, 9.17) is 23.8 Å². The van der Waals surface area contributed by atoms with E-state index >= 15 is 0 Å². The molecular weight excluding hydrogens is 380 g/mol. The van der Waals surface area contributed by atoms with E-state index in [-0.39, 0.29) is 0 Å². The van der Waals surface area contributed by atoms with Gasteiger partial charge in [0.15, 0.2) is 5.11 Å². The molecule has 2 nitrogen and oxygen atoms in total. The van der Waals surface area contributed by atoms with Gasteiger partial charge in [0.05, 0.1) is 0 Å². The highest BCUT2D eigenvalue weighted by Gasteiger charge is 2.00. The van der Waals surface area contributed by atoms with Gasteiger partial charge in [0.1, 0.15) is 0 Å². The molecule has 0 bridgehead atoms. The third-order valence-corrected chi connectivity index (χ3v) is 4.64. The highest BCUT2D eigenvalue weighted by atomic mass is 79.9. The molecule has 0 amide bonds. The maximum atomic E-state index is 5.87. The number of hydrogen-bond acceptors (Lipinski definition) is 1. The molecule has 116 valence electrons. The number of rotatable bonds is 5. The molecular formula is C17H18BrClN2S. The predicted molar refractivity (Wildman–Crippen MR) is 103 cm³/mol. The van der Waals surface area contributed by atoms with Gasteiger partial charge in [-0.15, -0.1) is 0 Å². The number of hydrogen-bond donors (Lipinski definition) is 2. The van der Waals surface area contributed by atoms with Crippen molar-refractivity contribution in [1.82, 2.24) is 5.32 Å². The fourth-order valence-electron chi connectivity index (χ4n) is 2.04. The zero-order valence-electron chi connectivity index (χ0n) is 12.3. The second-order valence-corrected chi connectivity index (χ2v) is 6.77. The van der Waals surface area contributed by atoms with E-state index in [1.807, 2.05) is 24.3 Å². The third kappa shape index (κ3) is 5.59. The highest BCUT2D eigenvalue weighted by Crippen LogP contribution is 2.19. The molecule has 0 aliphatic heterocycles. The highest BCUT2D eigenvalue weighted by molar-refractivity contribution is 9.10. The Morgan fingerprint density at radius 3 is 2.59 bits per heavy atom. The minimum atomic E-state index is 0.651. The molecule has 0 aliphatic carbocycles. The molecule has 22 heavy (non-hydrogen) atoms. The van der Waals surface area contributed by atoms with Crippen LogP contribution in [0.2, 0.25) is 5.02 Å². The van der Waals surface area contributed by atoms with Crippen LogP contribution in [0.3, 0.4) is 0 Å². The summed E-state index contributed by atoms with van der Waals surface area (Å²) in [4.78, 5) is 0. The van der Waals surface area contributed by atoms with E-state index in [1.165, 1.54) is 11.1 Å². The third-order valence-electron chi connectivity index (χ3n) is 3.26. The number of benzene rings is 2. The molecule has 0 fully saturated rings. The first-order valence-corrected chi connectivity index (χ1v) is 8.68. The summed E-state index contributed by atoms with van der Waals surface area (Å²) in [6.07, 6.45) is 2.02.